The van der Waals surface area contributed by atoms with Crippen LogP contribution in [0.2, 0.25) is 5.02 Å². The Morgan fingerprint density at radius 1 is 1.05 bits per heavy atom. The monoisotopic (exact) mass is 286 g/mol. The van der Waals surface area contributed by atoms with Crippen LogP contribution in [0.15, 0.2) is 57.7 Å². The molecule has 20 heavy (non-hydrogen) atoms. The Bertz CT molecular complexity index is 836. The molecule has 2 aromatic carbocycles. The molecule has 3 nitrogen and oxygen atoms in total. The zero-order valence-electron chi connectivity index (χ0n) is 10.7. The van der Waals surface area contributed by atoms with E-state index in [1.54, 1.807) is 30.3 Å². The maximum Gasteiger partial charge on any atom is 0.235 e. The minimum Gasteiger partial charge on any atom is -0.490 e. The molecule has 0 atom stereocenters. The van der Waals surface area contributed by atoms with Crippen molar-refractivity contribution in [1.29, 1.82) is 0 Å². The molecule has 0 saturated carbocycles. The predicted molar refractivity (Wildman–Crippen MR) is 79.5 cm³/mol. The van der Waals surface area contributed by atoms with E-state index in [2.05, 4.69) is 0 Å². The van der Waals surface area contributed by atoms with E-state index < -0.39 is 0 Å². The Morgan fingerprint density at radius 3 is 2.50 bits per heavy atom. The van der Waals surface area contributed by atoms with Crippen LogP contribution in [-0.4, -0.2) is 7.11 Å². The third-order valence-electron chi connectivity index (χ3n) is 3.08. The van der Waals surface area contributed by atoms with Crippen molar-refractivity contribution in [2.24, 2.45) is 0 Å². The molecular formula is C16H11ClO3. The van der Waals surface area contributed by atoms with Gasteiger partial charge in [0.25, 0.3) is 0 Å². The van der Waals surface area contributed by atoms with Crippen molar-refractivity contribution in [1.82, 2.24) is 0 Å². The van der Waals surface area contributed by atoms with Crippen LogP contribution >= 0.6 is 11.6 Å². The topological polar surface area (TPSA) is 39.4 Å². The number of methoxy groups -OCH3 is 1. The lowest BCUT2D eigenvalue weighted by molar-refractivity contribution is 0.399. The summed E-state index contributed by atoms with van der Waals surface area (Å²) in [6.45, 7) is 0. The Hall–Kier alpha value is -2.26. The Labute approximate surface area is 120 Å². The summed E-state index contributed by atoms with van der Waals surface area (Å²) in [4.78, 5) is 12.4. The van der Waals surface area contributed by atoms with Crippen molar-refractivity contribution in [3.05, 3.63) is 63.8 Å². The number of hydrogen-bond acceptors (Lipinski definition) is 3. The summed E-state index contributed by atoms with van der Waals surface area (Å²) in [7, 11) is 1.45. The van der Waals surface area contributed by atoms with Gasteiger partial charge in [-0.3, -0.25) is 4.79 Å². The second-order valence-electron chi connectivity index (χ2n) is 4.27. The molecule has 0 spiro atoms. The minimum absolute atomic E-state index is 0.164. The number of ether oxygens (including phenoxy) is 1. The van der Waals surface area contributed by atoms with Gasteiger partial charge in [-0.05, 0) is 24.3 Å². The van der Waals surface area contributed by atoms with Crippen molar-refractivity contribution >= 4 is 22.6 Å². The minimum atomic E-state index is -0.204. The van der Waals surface area contributed by atoms with Crippen molar-refractivity contribution in [2.75, 3.05) is 7.11 Å². The van der Waals surface area contributed by atoms with E-state index in [0.717, 1.165) is 0 Å². The van der Waals surface area contributed by atoms with Gasteiger partial charge in [0.15, 0.2) is 5.76 Å². The Kier molecular flexibility index (Phi) is 3.20. The fourth-order valence-electron chi connectivity index (χ4n) is 2.13. The number of benzene rings is 2. The molecule has 0 bridgehead atoms. The molecule has 0 fully saturated rings. The van der Waals surface area contributed by atoms with Gasteiger partial charge in [0.1, 0.15) is 5.58 Å². The summed E-state index contributed by atoms with van der Waals surface area (Å²) in [5, 5.41) is 0.990. The molecule has 0 aliphatic carbocycles. The standard InChI is InChI=1S/C16H11ClO3/c1-19-16-14(18)11-7-3-5-9-13(11)20-15(16)10-6-2-4-8-12(10)17/h2-9H,1H3. The first-order valence-electron chi connectivity index (χ1n) is 6.07. The number of hydrogen-bond donors (Lipinski definition) is 0. The lowest BCUT2D eigenvalue weighted by atomic mass is 10.1. The molecule has 0 unspecified atom stereocenters. The first-order chi connectivity index (χ1) is 9.72. The maximum absolute atomic E-state index is 12.4. The lowest BCUT2D eigenvalue weighted by Gasteiger charge is -2.09. The van der Waals surface area contributed by atoms with Crippen LogP contribution in [0.3, 0.4) is 0 Å². The summed E-state index contributed by atoms with van der Waals surface area (Å²) in [6.07, 6.45) is 0. The summed E-state index contributed by atoms with van der Waals surface area (Å²) < 4.78 is 11.1. The molecule has 0 aliphatic heterocycles. The predicted octanol–water partition coefficient (Wildman–Crippen LogP) is 4.12. The van der Waals surface area contributed by atoms with E-state index in [-0.39, 0.29) is 11.2 Å². The van der Waals surface area contributed by atoms with Crippen LogP contribution in [0.25, 0.3) is 22.3 Å². The van der Waals surface area contributed by atoms with Gasteiger partial charge >= 0.3 is 0 Å². The first-order valence-corrected chi connectivity index (χ1v) is 6.45. The molecular weight excluding hydrogens is 276 g/mol. The molecule has 3 rings (SSSR count). The molecule has 0 aliphatic rings. The third kappa shape index (κ3) is 1.96. The number of para-hydroxylation sites is 1. The van der Waals surface area contributed by atoms with Gasteiger partial charge in [0.2, 0.25) is 11.2 Å². The highest BCUT2D eigenvalue weighted by molar-refractivity contribution is 6.33. The van der Waals surface area contributed by atoms with Crippen molar-refractivity contribution in [2.45, 2.75) is 0 Å². The smallest absolute Gasteiger partial charge is 0.235 e. The second-order valence-corrected chi connectivity index (χ2v) is 4.68. The van der Waals surface area contributed by atoms with Crippen LogP contribution in [-0.2, 0) is 0 Å². The second kappa shape index (κ2) is 5.02. The molecule has 4 heteroatoms. The summed E-state index contributed by atoms with van der Waals surface area (Å²) in [5.74, 6) is 0.513. The fraction of sp³-hybridized carbons (Fsp3) is 0.0625. The van der Waals surface area contributed by atoms with Crippen LogP contribution in [0.5, 0.6) is 5.75 Å². The van der Waals surface area contributed by atoms with Crippen LogP contribution in [0.1, 0.15) is 0 Å². The van der Waals surface area contributed by atoms with Crippen molar-refractivity contribution < 1.29 is 9.15 Å². The Morgan fingerprint density at radius 2 is 1.75 bits per heavy atom. The molecule has 100 valence electrons. The number of rotatable bonds is 2. The number of fused-ring (bicyclic) bond motifs is 1. The van der Waals surface area contributed by atoms with Crippen LogP contribution < -0.4 is 10.2 Å². The normalized spacial score (nSPS) is 10.7. The van der Waals surface area contributed by atoms with Crippen LogP contribution in [0.4, 0.5) is 0 Å². The number of halogens is 1. The Balaban J connectivity index is 2.42. The quantitative estimate of drug-likeness (QED) is 0.711. The molecule has 0 amide bonds. The SMILES string of the molecule is COc1c(-c2ccccc2Cl)oc2ccccc2c1=O. The van der Waals surface area contributed by atoms with Crippen molar-refractivity contribution in [3.63, 3.8) is 0 Å². The average Bonchev–Trinajstić information content (AvgIpc) is 2.48. The van der Waals surface area contributed by atoms with Gasteiger partial charge in [-0.25, -0.2) is 0 Å². The van der Waals surface area contributed by atoms with E-state index in [1.807, 2.05) is 18.2 Å². The van der Waals surface area contributed by atoms with E-state index in [1.165, 1.54) is 7.11 Å². The largest absolute Gasteiger partial charge is 0.490 e. The highest BCUT2D eigenvalue weighted by Crippen LogP contribution is 2.34. The molecule has 0 N–H and O–H groups in total. The molecule has 1 heterocycles. The third-order valence-corrected chi connectivity index (χ3v) is 3.41. The lowest BCUT2D eigenvalue weighted by Crippen LogP contribution is -2.07. The first kappa shape index (κ1) is 12.8. The van der Waals surface area contributed by atoms with Gasteiger partial charge < -0.3 is 9.15 Å². The van der Waals surface area contributed by atoms with Crippen molar-refractivity contribution in [3.8, 4) is 17.1 Å². The maximum atomic E-state index is 12.4. The molecule has 0 saturated heterocycles. The van der Waals surface area contributed by atoms with Gasteiger partial charge in [-0.15, -0.1) is 0 Å². The zero-order valence-corrected chi connectivity index (χ0v) is 11.5. The molecule has 1 aromatic heterocycles. The fourth-order valence-corrected chi connectivity index (χ4v) is 2.35. The van der Waals surface area contributed by atoms with Gasteiger partial charge in [-0.1, -0.05) is 35.9 Å². The highest BCUT2D eigenvalue weighted by Gasteiger charge is 2.18. The van der Waals surface area contributed by atoms with E-state index in [9.17, 15) is 4.79 Å². The van der Waals surface area contributed by atoms with E-state index in [0.29, 0.717) is 27.3 Å². The van der Waals surface area contributed by atoms with E-state index in [4.69, 9.17) is 20.8 Å². The van der Waals surface area contributed by atoms with Gasteiger partial charge in [0.05, 0.1) is 17.5 Å². The van der Waals surface area contributed by atoms with Crippen LogP contribution in [0, 0.1) is 0 Å². The van der Waals surface area contributed by atoms with E-state index >= 15 is 0 Å². The summed E-state index contributed by atoms with van der Waals surface area (Å²) in [5.41, 5.74) is 0.936. The van der Waals surface area contributed by atoms with Gasteiger partial charge in [0, 0.05) is 5.56 Å². The molecule has 0 radical (unpaired) electrons. The highest BCUT2D eigenvalue weighted by atomic mass is 35.5. The average molecular weight is 287 g/mol. The molecule has 3 aromatic rings. The van der Waals surface area contributed by atoms with Gasteiger partial charge in [-0.2, -0.15) is 0 Å². The summed E-state index contributed by atoms with van der Waals surface area (Å²) >= 11 is 6.17. The zero-order chi connectivity index (χ0) is 14.1. The summed E-state index contributed by atoms with van der Waals surface area (Å²) in [6, 6.07) is 14.2.